The number of anilines is 1. The van der Waals surface area contributed by atoms with E-state index in [0.717, 1.165) is 16.3 Å². The molecule has 0 spiro atoms. The summed E-state index contributed by atoms with van der Waals surface area (Å²) in [6.07, 6.45) is 0.769. The van der Waals surface area contributed by atoms with Crippen LogP contribution in [-0.2, 0) is 14.8 Å². The Morgan fingerprint density at radius 2 is 1.77 bits per heavy atom. The van der Waals surface area contributed by atoms with Gasteiger partial charge in [0.1, 0.15) is 12.3 Å². The van der Waals surface area contributed by atoms with Crippen molar-refractivity contribution in [3.8, 4) is 5.75 Å². The fourth-order valence-corrected chi connectivity index (χ4v) is 3.86. The van der Waals surface area contributed by atoms with Crippen molar-refractivity contribution in [2.24, 2.45) is 0 Å². The molecular formula is C19H24N2O4S. The van der Waals surface area contributed by atoms with Crippen LogP contribution < -0.4 is 14.4 Å². The standard InChI is InChI=1S/C19H24N2O4S/c1-4-13-20-19(22)14-21(17-7-5-6-8-18(17)25-3)26(23,24)16-11-9-15(2)10-12-16/h5-12H,4,13-14H2,1-3H3,(H,20,22). The maximum atomic E-state index is 13.2. The quantitative estimate of drug-likeness (QED) is 0.769. The molecule has 0 atom stereocenters. The fourth-order valence-electron chi connectivity index (χ4n) is 2.42. The number of nitrogens with zero attached hydrogens (tertiary/aromatic N) is 1. The molecule has 0 aliphatic heterocycles. The van der Waals surface area contributed by atoms with E-state index in [2.05, 4.69) is 5.32 Å². The van der Waals surface area contributed by atoms with Crippen LogP contribution in [0.4, 0.5) is 5.69 Å². The van der Waals surface area contributed by atoms with Gasteiger partial charge in [0.2, 0.25) is 5.91 Å². The minimum atomic E-state index is -3.93. The van der Waals surface area contributed by atoms with Gasteiger partial charge in [0.05, 0.1) is 17.7 Å². The van der Waals surface area contributed by atoms with E-state index >= 15 is 0 Å². The molecule has 7 heteroatoms. The van der Waals surface area contributed by atoms with Crippen molar-refractivity contribution in [3.63, 3.8) is 0 Å². The van der Waals surface area contributed by atoms with E-state index in [0.29, 0.717) is 18.0 Å². The Bertz CT molecular complexity index is 848. The average Bonchev–Trinajstić information content (AvgIpc) is 2.64. The van der Waals surface area contributed by atoms with Crippen molar-refractivity contribution >= 4 is 21.6 Å². The number of benzene rings is 2. The summed E-state index contributed by atoms with van der Waals surface area (Å²) in [5.41, 5.74) is 1.27. The summed E-state index contributed by atoms with van der Waals surface area (Å²) in [5.74, 6) is 0.0138. The van der Waals surface area contributed by atoms with Crippen LogP contribution in [0.5, 0.6) is 5.75 Å². The highest BCUT2D eigenvalue weighted by Gasteiger charge is 2.29. The van der Waals surface area contributed by atoms with Gasteiger partial charge in [-0.15, -0.1) is 0 Å². The highest BCUT2D eigenvalue weighted by molar-refractivity contribution is 7.92. The van der Waals surface area contributed by atoms with Crippen LogP contribution in [0.25, 0.3) is 0 Å². The van der Waals surface area contributed by atoms with Crippen molar-refractivity contribution in [3.05, 3.63) is 54.1 Å². The third-order valence-electron chi connectivity index (χ3n) is 3.82. The highest BCUT2D eigenvalue weighted by Crippen LogP contribution is 2.32. The first-order valence-corrected chi connectivity index (χ1v) is 9.83. The van der Waals surface area contributed by atoms with Gasteiger partial charge in [-0.05, 0) is 37.6 Å². The Morgan fingerprint density at radius 1 is 1.12 bits per heavy atom. The summed E-state index contributed by atoms with van der Waals surface area (Å²) in [5, 5.41) is 2.72. The van der Waals surface area contributed by atoms with Gasteiger partial charge in [0, 0.05) is 6.54 Å². The summed E-state index contributed by atoms with van der Waals surface area (Å²) in [4.78, 5) is 12.4. The van der Waals surface area contributed by atoms with Crippen molar-refractivity contribution in [2.75, 3.05) is 24.5 Å². The lowest BCUT2D eigenvalue weighted by molar-refractivity contribution is -0.119. The molecule has 140 valence electrons. The molecule has 0 aromatic heterocycles. The zero-order chi connectivity index (χ0) is 19.2. The van der Waals surface area contributed by atoms with Gasteiger partial charge in [-0.1, -0.05) is 36.8 Å². The van der Waals surface area contributed by atoms with Crippen molar-refractivity contribution in [1.29, 1.82) is 0 Å². The van der Waals surface area contributed by atoms with Gasteiger partial charge in [0.25, 0.3) is 10.0 Å². The number of nitrogens with one attached hydrogen (secondary N) is 1. The first-order chi connectivity index (χ1) is 12.4. The van der Waals surface area contributed by atoms with Crippen LogP contribution in [0.2, 0.25) is 0 Å². The van der Waals surface area contributed by atoms with Gasteiger partial charge in [-0.2, -0.15) is 0 Å². The topological polar surface area (TPSA) is 75.7 Å². The van der Waals surface area contributed by atoms with Gasteiger partial charge in [-0.3, -0.25) is 9.10 Å². The third kappa shape index (κ3) is 4.54. The van der Waals surface area contributed by atoms with Crippen LogP contribution in [0, 0.1) is 6.92 Å². The number of ether oxygens (including phenoxy) is 1. The maximum absolute atomic E-state index is 13.2. The van der Waals surface area contributed by atoms with Crippen LogP contribution >= 0.6 is 0 Å². The average molecular weight is 376 g/mol. The number of amides is 1. The largest absolute Gasteiger partial charge is 0.495 e. The molecular weight excluding hydrogens is 352 g/mol. The number of para-hydroxylation sites is 2. The SMILES string of the molecule is CCCNC(=O)CN(c1ccccc1OC)S(=O)(=O)c1ccc(C)cc1. The van der Waals surface area contributed by atoms with E-state index in [9.17, 15) is 13.2 Å². The lowest BCUT2D eigenvalue weighted by Crippen LogP contribution is -2.41. The molecule has 0 bridgehead atoms. The molecule has 0 fully saturated rings. The number of hydrogen-bond donors (Lipinski definition) is 1. The van der Waals surface area contributed by atoms with E-state index in [1.807, 2.05) is 13.8 Å². The zero-order valence-electron chi connectivity index (χ0n) is 15.2. The lowest BCUT2D eigenvalue weighted by atomic mass is 10.2. The summed E-state index contributed by atoms with van der Waals surface area (Å²) in [7, 11) is -2.47. The second-order valence-electron chi connectivity index (χ2n) is 5.85. The van der Waals surface area contributed by atoms with Crippen LogP contribution in [0.1, 0.15) is 18.9 Å². The molecule has 2 aromatic carbocycles. The predicted octanol–water partition coefficient (Wildman–Crippen LogP) is 2.73. The number of carbonyl (C=O) groups excluding carboxylic acids is 1. The van der Waals surface area contributed by atoms with E-state index < -0.39 is 10.0 Å². The first-order valence-electron chi connectivity index (χ1n) is 8.39. The number of methoxy groups -OCH3 is 1. The highest BCUT2D eigenvalue weighted by atomic mass is 32.2. The van der Waals surface area contributed by atoms with E-state index in [1.54, 1.807) is 36.4 Å². The monoisotopic (exact) mass is 376 g/mol. The summed E-state index contributed by atoms with van der Waals surface area (Å²) >= 11 is 0. The molecule has 0 saturated heterocycles. The smallest absolute Gasteiger partial charge is 0.264 e. The Morgan fingerprint density at radius 3 is 2.38 bits per heavy atom. The fraction of sp³-hybridized carbons (Fsp3) is 0.316. The number of rotatable bonds is 8. The van der Waals surface area contributed by atoms with Gasteiger partial charge < -0.3 is 10.1 Å². The van der Waals surface area contributed by atoms with Crippen molar-refractivity contribution in [2.45, 2.75) is 25.2 Å². The molecule has 0 aliphatic carbocycles. The molecule has 1 N–H and O–H groups in total. The van der Waals surface area contributed by atoms with Gasteiger partial charge >= 0.3 is 0 Å². The van der Waals surface area contributed by atoms with Gasteiger partial charge in [0.15, 0.2) is 0 Å². The Hall–Kier alpha value is -2.54. The zero-order valence-corrected chi connectivity index (χ0v) is 16.0. The molecule has 26 heavy (non-hydrogen) atoms. The van der Waals surface area contributed by atoms with Crippen LogP contribution in [0.3, 0.4) is 0 Å². The van der Waals surface area contributed by atoms with E-state index in [1.165, 1.54) is 19.2 Å². The molecule has 2 rings (SSSR count). The molecule has 0 unspecified atom stereocenters. The van der Waals surface area contributed by atoms with E-state index in [-0.39, 0.29) is 17.3 Å². The predicted molar refractivity (Wildman–Crippen MR) is 102 cm³/mol. The molecule has 0 radical (unpaired) electrons. The molecule has 0 heterocycles. The normalized spacial score (nSPS) is 11.0. The van der Waals surface area contributed by atoms with Crippen LogP contribution in [-0.4, -0.2) is 34.5 Å². The van der Waals surface area contributed by atoms with Crippen LogP contribution in [0.15, 0.2) is 53.4 Å². The maximum Gasteiger partial charge on any atom is 0.264 e. The lowest BCUT2D eigenvalue weighted by Gasteiger charge is -2.25. The Kier molecular flexibility index (Phi) is 6.63. The third-order valence-corrected chi connectivity index (χ3v) is 5.60. The van der Waals surface area contributed by atoms with Crippen molar-refractivity contribution < 1.29 is 17.9 Å². The molecule has 2 aromatic rings. The number of sulfonamides is 1. The second-order valence-corrected chi connectivity index (χ2v) is 7.71. The molecule has 1 amide bonds. The number of aryl methyl sites for hydroxylation is 1. The molecule has 6 nitrogen and oxygen atoms in total. The Balaban J connectivity index is 2.49. The Labute approximate surface area is 154 Å². The van der Waals surface area contributed by atoms with Gasteiger partial charge in [-0.25, -0.2) is 8.42 Å². The van der Waals surface area contributed by atoms with Crippen molar-refractivity contribution in [1.82, 2.24) is 5.32 Å². The summed E-state index contributed by atoms with van der Waals surface area (Å²) < 4.78 is 32.8. The number of carbonyl (C=O) groups is 1. The summed E-state index contributed by atoms with van der Waals surface area (Å²) in [6, 6.07) is 13.3. The first kappa shape index (κ1) is 19.8. The molecule has 0 aliphatic rings. The minimum Gasteiger partial charge on any atom is -0.495 e. The summed E-state index contributed by atoms with van der Waals surface area (Å²) in [6.45, 7) is 3.98. The second kappa shape index (κ2) is 8.71. The minimum absolute atomic E-state index is 0.122. The number of hydrogen-bond acceptors (Lipinski definition) is 4. The molecule has 0 saturated carbocycles. The van der Waals surface area contributed by atoms with E-state index in [4.69, 9.17) is 4.74 Å².